The second kappa shape index (κ2) is 3.81. The Labute approximate surface area is 83.5 Å². The second-order valence-corrected chi connectivity index (χ2v) is 3.11. The molecule has 3 N–H and O–H groups in total. The lowest BCUT2D eigenvalue weighted by atomic mass is 10.1. The van der Waals surface area contributed by atoms with Gasteiger partial charge in [-0.2, -0.15) is 0 Å². The van der Waals surface area contributed by atoms with E-state index in [1.807, 2.05) is 13.1 Å². The van der Waals surface area contributed by atoms with Gasteiger partial charge in [-0.1, -0.05) is 12.1 Å². The van der Waals surface area contributed by atoms with Crippen molar-refractivity contribution in [3.63, 3.8) is 0 Å². The van der Waals surface area contributed by atoms with Crippen LogP contribution in [0.5, 0.6) is 0 Å². The van der Waals surface area contributed by atoms with Gasteiger partial charge in [-0.05, 0) is 30.0 Å². The first kappa shape index (κ1) is 10.1. The molecule has 2 rings (SSSR count). The number of benzene rings is 1. The number of hydrogen-bond donors (Lipinski definition) is 2. The van der Waals surface area contributed by atoms with Crippen LogP contribution < -0.4 is 5.73 Å². The molecule has 1 atom stereocenters. The maximum absolute atomic E-state index is 5.76. The quantitative estimate of drug-likeness (QED) is 0.724. The van der Waals surface area contributed by atoms with Gasteiger partial charge in [-0.3, -0.25) is 0 Å². The van der Waals surface area contributed by atoms with Crippen molar-refractivity contribution in [1.29, 1.82) is 0 Å². The number of nitrogens with one attached hydrogen (secondary N) is 1. The summed E-state index contributed by atoms with van der Waals surface area (Å²) in [7, 11) is 0. The van der Waals surface area contributed by atoms with Gasteiger partial charge in [0.05, 0.1) is 0 Å². The van der Waals surface area contributed by atoms with E-state index in [2.05, 4.69) is 29.2 Å². The van der Waals surface area contributed by atoms with Crippen molar-refractivity contribution < 1.29 is 0 Å². The molecule has 2 nitrogen and oxygen atoms in total. The minimum Gasteiger partial charge on any atom is -0.361 e. The Morgan fingerprint density at radius 2 is 2.08 bits per heavy atom. The second-order valence-electron chi connectivity index (χ2n) is 3.11. The summed E-state index contributed by atoms with van der Waals surface area (Å²) in [6, 6.07) is 8.42. The van der Waals surface area contributed by atoms with Crippen LogP contribution >= 0.6 is 12.4 Å². The fourth-order valence-electron chi connectivity index (χ4n) is 1.35. The summed E-state index contributed by atoms with van der Waals surface area (Å²) in [5, 5.41) is 1.24. The first-order valence-corrected chi connectivity index (χ1v) is 4.10. The number of aromatic nitrogens is 1. The average molecular weight is 197 g/mol. The van der Waals surface area contributed by atoms with Crippen molar-refractivity contribution in [1.82, 2.24) is 4.98 Å². The molecule has 13 heavy (non-hydrogen) atoms. The van der Waals surface area contributed by atoms with Crippen LogP contribution in [0.1, 0.15) is 18.5 Å². The molecule has 1 aromatic carbocycles. The van der Waals surface area contributed by atoms with Crippen molar-refractivity contribution in [2.75, 3.05) is 0 Å². The number of halogens is 1. The number of rotatable bonds is 1. The molecule has 0 amide bonds. The number of nitrogens with two attached hydrogens (primary N) is 1. The molecular weight excluding hydrogens is 184 g/mol. The van der Waals surface area contributed by atoms with Crippen LogP contribution in [-0.2, 0) is 0 Å². The zero-order valence-electron chi connectivity index (χ0n) is 7.45. The van der Waals surface area contributed by atoms with E-state index in [0.29, 0.717) is 0 Å². The number of fused-ring (bicyclic) bond motifs is 1. The maximum Gasteiger partial charge on any atom is 0.0457 e. The van der Waals surface area contributed by atoms with E-state index in [1.165, 1.54) is 10.9 Å². The molecule has 0 spiro atoms. The van der Waals surface area contributed by atoms with Crippen molar-refractivity contribution in [2.24, 2.45) is 5.73 Å². The number of H-pyrrole nitrogens is 1. The molecule has 0 aliphatic rings. The van der Waals surface area contributed by atoms with Gasteiger partial charge in [0.25, 0.3) is 0 Å². The van der Waals surface area contributed by atoms with Crippen molar-refractivity contribution in [3.8, 4) is 0 Å². The monoisotopic (exact) mass is 196 g/mol. The highest BCUT2D eigenvalue weighted by Crippen LogP contribution is 2.17. The standard InChI is InChI=1S/C10H12N2.ClH/c1-7(11)9-3-2-8-4-5-12-10(8)6-9;/h2-7,12H,11H2,1H3;1H/t7-;/m1./s1. The molecule has 70 valence electrons. The Morgan fingerprint density at radius 1 is 1.31 bits per heavy atom. The van der Waals surface area contributed by atoms with E-state index in [0.717, 1.165) is 5.52 Å². The highest BCUT2D eigenvalue weighted by molar-refractivity contribution is 5.85. The van der Waals surface area contributed by atoms with Crippen LogP contribution in [0.3, 0.4) is 0 Å². The van der Waals surface area contributed by atoms with Crippen LogP contribution in [0.2, 0.25) is 0 Å². The van der Waals surface area contributed by atoms with Crippen LogP contribution in [-0.4, -0.2) is 4.98 Å². The Balaban J connectivity index is 0.000000845. The zero-order valence-corrected chi connectivity index (χ0v) is 8.27. The summed E-state index contributed by atoms with van der Waals surface area (Å²) in [6.45, 7) is 1.99. The van der Waals surface area contributed by atoms with Gasteiger partial charge >= 0.3 is 0 Å². The highest BCUT2D eigenvalue weighted by Gasteiger charge is 2.00. The summed E-state index contributed by atoms with van der Waals surface area (Å²) in [5.41, 5.74) is 8.09. The molecular formula is C10H13ClN2. The lowest BCUT2D eigenvalue weighted by Crippen LogP contribution is -2.04. The number of aromatic amines is 1. The van der Waals surface area contributed by atoms with Crippen LogP contribution in [0.4, 0.5) is 0 Å². The zero-order chi connectivity index (χ0) is 8.55. The Morgan fingerprint density at radius 3 is 2.77 bits per heavy atom. The largest absolute Gasteiger partial charge is 0.361 e. The van der Waals surface area contributed by atoms with Gasteiger partial charge in [0.2, 0.25) is 0 Å². The SMILES string of the molecule is C[C@@H](N)c1ccc2cc[nH]c2c1.Cl. The highest BCUT2D eigenvalue weighted by atomic mass is 35.5. The molecule has 0 radical (unpaired) electrons. The van der Waals surface area contributed by atoms with Gasteiger partial charge in [0.1, 0.15) is 0 Å². The predicted molar refractivity (Wildman–Crippen MR) is 58.1 cm³/mol. The predicted octanol–water partition coefficient (Wildman–Crippen LogP) is 2.61. The summed E-state index contributed by atoms with van der Waals surface area (Å²) in [6.07, 6.45) is 1.94. The minimum atomic E-state index is 0. The molecule has 0 bridgehead atoms. The molecule has 3 heteroatoms. The summed E-state index contributed by atoms with van der Waals surface area (Å²) in [5.74, 6) is 0. The van der Waals surface area contributed by atoms with Gasteiger partial charge in [0, 0.05) is 17.8 Å². The normalized spacial score (nSPS) is 12.5. The average Bonchev–Trinajstić information content (AvgIpc) is 2.49. The van der Waals surface area contributed by atoms with E-state index in [1.54, 1.807) is 0 Å². The van der Waals surface area contributed by atoms with Gasteiger partial charge in [-0.15, -0.1) is 12.4 Å². The molecule has 1 heterocycles. The maximum atomic E-state index is 5.76. The van der Waals surface area contributed by atoms with Gasteiger partial charge in [0.15, 0.2) is 0 Å². The summed E-state index contributed by atoms with van der Waals surface area (Å²) >= 11 is 0. The summed E-state index contributed by atoms with van der Waals surface area (Å²) < 4.78 is 0. The van der Waals surface area contributed by atoms with E-state index in [9.17, 15) is 0 Å². The fraction of sp³-hybridized carbons (Fsp3) is 0.200. The third-order valence-electron chi connectivity index (χ3n) is 2.10. The molecule has 2 aromatic rings. The molecule has 0 aliphatic heterocycles. The Hall–Kier alpha value is -0.990. The molecule has 1 aromatic heterocycles. The topological polar surface area (TPSA) is 41.8 Å². The molecule has 0 saturated carbocycles. The fourth-order valence-corrected chi connectivity index (χ4v) is 1.35. The number of hydrogen-bond acceptors (Lipinski definition) is 1. The van der Waals surface area contributed by atoms with Crippen LogP contribution in [0.25, 0.3) is 10.9 Å². The van der Waals surface area contributed by atoms with Gasteiger partial charge in [-0.25, -0.2) is 0 Å². The van der Waals surface area contributed by atoms with Crippen LogP contribution in [0.15, 0.2) is 30.5 Å². The lowest BCUT2D eigenvalue weighted by molar-refractivity contribution is 0.820. The molecule has 0 unspecified atom stereocenters. The van der Waals surface area contributed by atoms with E-state index in [4.69, 9.17) is 5.73 Å². The van der Waals surface area contributed by atoms with Crippen LogP contribution in [0, 0.1) is 0 Å². The van der Waals surface area contributed by atoms with E-state index >= 15 is 0 Å². The lowest BCUT2D eigenvalue weighted by Gasteiger charge is -2.04. The van der Waals surface area contributed by atoms with Crippen molar-refractivity contribution in [3.05, 3.63) is 36.0 Å². The van der Waals surface area contributed by atoms with E-state index < -0.39 is 0 Å². The Kier molecular flexibility index (Phi) is 2.96. The summed E-state index contributed by atoms with van der Waals surface area (Å²) in [4.78, 5) is 3.16. The van der Waals surface area contributed by atoms with Gasteiger partial charge < -0.3 is 10.7 Å². The Bertz CT molecular complexity index is 392. The molecule has 0 aliphatic carbocycles. The minimum absolute atomic E-state index is 0. The smallest absolute Gasteiger partial charge is 0.0457 e. The van der Waals surface area contributed by atoms with Crippen molar-refractivity contribution in [2.45, 2.75) is 13.0 Å². The first-order valence-electron chi connectivity index (χ1n) is 4.10. The first-order chi connectivity index (χ1) is 5.77. The van der Waals surface area contributed by atoms with Crippen molar-refractivity contribution >= 4 is 23.3 Å². The molecule has 0 saturated heterocycles. The third kappa shape index (κ3) is 1.85. The molecule has 0 fully saturated rings. The van der Waals surface area contributed by atoms with E-state index in [-0.39, 0.29) is 18.4 Å². The third-order valence-corrected chi connectivity index (χ3v) is 2.10.